The zero-order valence-corrected chi connectivity index (χ0v) is 15.5. The average Bonchev–Trinajstić information content (AvgIpc) is 3.05. The van der Waals surface area contributed by atoms with Crippen molar-refractivity contribution in [2.45, 2.75) is 40.2 Å². The maximum absolute atomic E-state index is 12.1. The molecular weight excluding hydrogens is 324 g/mol. The number of carbonyl (C=O) groups is 1. The molecule has 0 aliphatic carbocycles. The van der Waals surface area contributed by atoms with E-state index < -0.39 is 0 Å². The zero-order chi connectivity index (χ0) is 18.5. The van der Waals surface area contributed by atoms with Gasteiger partial charge in [0.1, 0.15) is 11.6 Å². The fourth-order valence-corrected chi connectivity index (χ4v) is 2.95. The first kappa shape index (κ1) is 17.9. The summed E-state index contributed by atoms with van der Waals surface area (Å²) in [6.45, 7) is 6.60. The highest BCUT2D eigenvalue weighted by Crippen LogP contribution is 2.13. The fourth-order valence-electron chi connectivity index (χ4n) is 2.95. The molecule has 5 heteroatoms. The van der Waals surface area contributed by atoms with E-state index in [-0.39, 0.29) is 5.91 Å². The van der Waals surface area contributed by atoms with E-state index in [4.69, 9.17) is 0 Å². The minimum absolute atomic E-state index is 0.0551. The number of nitrogens with zero attached hydrogens (tertiary/aromatic N) is 3. The summed E-state index contributed by atoms with van der Waals surface area (Å²) in [4.78, 5) is 20.8. The lowest BCUT2D eigenvalue weighted by atomic mass is 10.0. The van der Waals surface area contributed by atoms with Crippen LogP contribution < -0.4 is 5.32 Å². The summed E-state index contributed by atoms with van der Waals surface area (Å²) in [5.74, 6) is 1.77. The predicted octanol–water partition coefficient (Wildman–Crippen LogP) is 3.44. The number of amides is 1. The highest BCUT2D eigenvalue weighted by Gasteiger charge is 2.06. The number of benzene rings is 1. The van der Waals surface area contributed by atoms with Crippen molar-refractivity contribution in [2.24, 2.45) is 0 Å². The van der Waals surface area contributed by atoms with Gasteiger partial charge in [-0.3, -0.25) is 9.36 Å². The maximum atomic E-state index is 12.1. The molecule has 0 radical (unpaired) electrons. The van der Waals surface area contributed by atoms with Gasteiger partial charge in [0.2, 0.25) is 5.91 Å². The summed E-state index contributed by atoms with van der Waals surface area (Å²) >= 11 is 0. The molecule has 1 aromatic carbocycles. The third-order valence-corrected chi connectivity index (χ3v) is 4.49. The molecule has 0 unspecified atom stereocenters. The largest absolute Gasteiger partial charge is 0.352 e. The molecule has 26 heavy (non-hydrogen) atoms. The Morgan fingerprint density at radius 3 is 2.62 bits per heavy atom. The molecule has 0 saturated carbocycles. The highest BCUT2D eigenvalue weighted by atomic mass is 16.1. The van der Waals surface area contributed by atoms with Crippen LogP contribution >= 0.6 is 0 Å². The van der Waals surface area contributed by atoms with E-state index in [0.29, 0.717) is 13.0 Å². The first-order chi connectivity index (χ1) is 12.5. The van der Waals surface area contributed by atoms with Crippen LogP contribution in [0.5, 0.6) is 0 Å². The van der Waals surface area contributed by atoms with Crippen molar-refractivity contribution < 1.29 is 4.79 Å². The SMILES string of the molecule is Cc1ccc(CCC(=O)NCc2ccc(-n3ccnc3C)nc2)c(C)c1. The lowest BCUT2D eigenvalue weighted by Crippen LogP contribution is -2.23. The summed E-state index contributed by atoms with van der Waals surface area (Å²) in [7, 11) is 0. The fraction of sp³-hybridized carbons (Fsp3) is 0.286. The van der Waals surface area contributed by atoms with Crippen molar-refractivity contribution in [3.05, 3.63) is 77.0 Å². The molecule has 0 fully saturated rings. The van der Waals surface area contributed by atoms with E-state index in [1.54, 1.807) is 12.4 Å². The van der Waals surface area contributed by atoms with E-state index in [1.807, 2.05) is 29.8 Å². The molecule has 134 valence electrons. The standard InChI is InChI=1S/C21H24N4O/c1-15-4-6-19(16(2)12-15)7-9-21(26)24-14-18-5-8-20(23-13-18)25-11-10-22-17(25)3/h4-6,8,10-13H,7,9,14H2,1-3H3,(H,24,26). The molecule has 3 aromatic rings. The Bertz CT molecular complexity index is 897. The van der Waals surface area contributed by atoms with Crippen molar-refractivity contribution >= 4 is 5.91 Å². The van der Waals surface area contributed by atoms with Gasteiger partial charge >= 0.3 is 0 Å². The van der Waals surface area contributed by atoms with Crippen molar-refractivity contribution in [2.75, 3.05) is 0 Å². The first-order valence-electron chi connectivity index (χ1n) is 8.81. The van der Waals surface area contributed by atoms with Crippen LogP contribution in [0.4, 0.5) is 0 Å². The Morgan fingerprint density at radius 2 is 1.96 bits per heavy atom. The molecule has 0 bridgehead atoms. The van der Waals surface area contributed by atoms with Gasteiger partial charge in [-0.2, -0.15) is 0 Å². The molecule has 0 aliphatic heterocycles. The molecule has 2 heterocycles. The zero-order valence-electron chi connectivity index (χ0n) is 15.5. The van der Waals surface area contributed by atoms with Gasteiger partial charge in [-0.05, 0) is 49.9 Å². The second-order valence-corrected chi connectivity index (χ2v) is 6.58. The van der Waals surface area contributed by atoms with Crippen LogP contribution in [0.1, 0.15) is 34.5 Å². The van der Waals surface area contributed by atoms with Crippen LogP contribution in [0.15, 0.2) is 48.9 Å². The number of carbonyl (C=O) groups excluding carboxylic acids is 1. The summed E-state index contributed by atoms with van der Waals surface area (Å²) in [6, 6.07) is 10.3. The van der Waals surface area contributed by atoms with Gasteiger partial charge in [-0.1, -0.05) is 29.8 Å². The van der Waals surface area contributed by atoms with E-state index in [9.17, 15) is 4.79 Å². The molecular formula is C21H24N4O. The maximum Gasteiger partial charge on any atom is 0.220 e. The van der Waals surface area contributed by atoms with Crippen LogP contribution in [-0.2, 0) is 17.8 Å². The second-order valence-electron chi connectivity index (χ2n) is 6.58. The molecule has 2 aromatic heterocycles. The summed E-state index contributed by atoms with van der Waals surface area (Å²) in [5, 5.41) is 2.97. The van der Waals surface area contributed by atoms with E-state index >= 15 is 0 Å². The third kappa shape index (κ3) is 4.36. The van der Waals surface area contributed by atoms with Crippen molar-refractivity contribution in [1.29, 1.82) is 0 Å². The quantitative estimate of drug-likeness (QED) is 0.742. The number of pyridine rings is 1. The molecule has 1 amide bonds. The Hall–Kier alpha value is -2.95. The van der Waals surface area contributed by atoms with Gasteiger partial charge < -0.3 is 5.32 Å². The Labute approximate surface area is 154 Å². The molecule has 5 nitrogen and oxygen atoms in total. The normalized spacial score (nSPS) is 10.7. The van der Waals surface area contributed by atoms with Crippen LogP contribution in [0, 0.1) is 20.8 Å². The van der Waals surface area contributed by atoms with Gasteiger partial charge in [0.15, 0.2) is 0 Å². The lowest BCUT2D eigenvalue weighted by Gasteiger charge is -2.09. The number of rotatable bonds is 6. The highest BCUT2D eigenvalue weighted by molar-refractivity contribution is 5.76. The Balaban J connectivity index is 1.50. The molecule has 0 aliphatic rings. The van der Waals surface area contributed by atoms with Crippen LogP contribution in [0.25, 0.3) is 5.82 Å². The molecule has 0 atom stereocenters. The lowest BCUT2D eigenvalue weighted by molar-refractivity contribution is -0.121. The van der Waals surface area contributed by atoms with Crippen LogP contribution in [0.2, 0.25) is 0 Å². The molecule has 0 spiro atoms. The number of hydrogen-bond acceptors (Lipinski definition) is 3. The first-order valence-corrected chi connectivity index (χ1v) is 8.81. The van der Waals surface area contributed by atoms with Crippen molar-refractivity contribution in [1.82, 2.24) is 19.9 Å². The van der Waals surface area contributed by atoms with Crippen LogP contribution in [-0.4, -0.2) is 20.4 Å². The minimum Gasteiger partial charge on any atom is -0.352 e. The molecule has 0 saturated heterocycles. The molecule has 1 N–H and O–H groups in total. The second kappa shape index (κ2) is 7.95. The van der Waals surface area contributed by atoms with Crippen molar-refractivity contribution in [3.63, 3.8) is 0 Å². The number of nitrogens with one attached hydrogen (secondary N) is 1. The predicted molar refractivity (Wildman–Crippen MR) is 102 cm³/mol. The van der Waals surface area contributed by atoms with E-state index in [0.717, 1.165) is 23.6 Å². The van der Waals surface area contributed by atoms with Crippen molar-refractivity contribution in [3.8, 4) is 5.82 Å². The monoisotopic (exact) mass is 348 g/mol. The number of hydrogen-bond donors (Lipinski definition) is 1. The van der Waals surface area contributed by atoms with Gasteiger partial charge in [0.25, 0.3) is 0 Å². The summed E-state index contributed by atoms with van der Waals surface area (Å²) in [6.07, 6.45) is 6.67. The number of imidazole rings is 1. The van der Waals surface area contributed by atoms with Gasteiger partial charge in [-0.25, -0.2) is 9.97 Å². The van der Waals surface area contributed by atoms with E-state index in [2.05, 4.69) is 47.3 Å². The van der Waals surface area contributed by atoms with E-state index in [1.165, 1.54) is 16.7 Å². The van der Waals surface area contributed by atoms with Gasteiger partial charge in [0, 0.05) is 31.6 Å². The summed E-state index contributed by atoms with van der Waals surface area (Å²) < 4.78 is 1.92. The molecule has 3 rings (SSSR count). The van der Waals surface area contributed by atoms with Crippen LogP contribution in [0.3, 0.4) is 0 Å². The van der Waals surface area contributed by atoms with Gasteiger partial charge in [0.05, 0.1) is 0 Å². The third-order valence-electron chi connectivity index (χ3n) is 4.49. The van der Waals surface area contributed by atoms with Gasteiger partial charge in [-0.15, -0.1) is 0 Å². The smallest absolute Gasteiger partial charge is 0.220 e. The summed E-state index contributed by atoms with van der Waals surface area (Å²) in [5.41, 5.74) is 4.70. The minimum atomic E-state index is 0.0551. The average molecular weight is 348 g/mol. The number of aromatic nitrogens is 3. The Kier molecular flexibility index (Phi) is 5.46. The Morgan fingerprint density at radius 1 is 1.12 bits per heavy atom. The number of aryl methyl sites for hydroxylation is 4. The topological polar surface area (TPSA) is 59.8 Å².